The Morgan fingerprint density at radius 2 is 2.15 bits per heavy atom. The zero-order valence-electron chi connectivity index (χ0n) is 7.99. The molecule has 0 fully saturated rings. The molecule has 0 aliphatic rings. The van der Waals surface area contributed by atoms with Gasteiger partial charge in [0.15, 0.2) is 0 Å². The van der Waals surface area contributed by atoms with Crippen molar-refractivity contribution in [1.82, 2.24) is 0 Å². The second kappa shape index (κ2) is 5.33. The first kappa shape index (κ1) is 12.6. The van der Waals surface area contributed by atoms with Gasteiger partial charge in [0.05, 0.1) is 0 Å². The molecule has 0 aromatic rings. The molecule has 4 N–H and O–H groups in total. The quantitative estimate of drug-likeness (QED) is 0.510. The summed E-state index contributed by atoms with van der Waals surface area (Å²) < 4.78 is 4.76. The van der Waals surface area contributed by atoms with Gasteiger partial charge in [0.1, 0.15) is 0 Å². The van der Waals surface area contributed by atoms with E-state index in [1.807, 2.05) is 0 Å². The number of hydrogen-bond donors (Lipinski definition) is 3. The summed E-state index contributed by atoms with van der Waals surface area (Å²) in [4.78, 5) is 29.1. The van der Waals surface area contributed by atoms with Crippen LogP contribution in [0, 0.1) is 5.92 Å². The van der Waals surface area contributed by atoms with Crippen molar-refractivity contribution in [2.24, 2.45) is 11.7 Å². The van der Waals surface area contributed by atoms with Crippen LogP contribution in [0.5, 0.6) is 0 Å². The van der Waals surface area contributed by atoms with E-state index < -0.39 is 14.7 Å². The lowest BCUT2D eigenvalue weighted by Gasteiger charge is -2.17. The van der Waals surface area contributed by atoms with Crippen LogP contribution in [-0.4, -0.2) is 30.9 Å². The van der Waals surface area contributed by atoms with Gasteiger partial charge in [0, 0.05) is 18.6 Å². The van der Waals surface area contributed by atoms with E-state index in [2.05, 4.69) is 0 Å². The predicted octanol–water partition coefficient (Wildman–Crippen LogP) is -0.542. The van der Waals surface area contributed by atoms with Gasteiger partial charge in [-0.3, -0.25) is 4.79 Å². The lowest BCUT2D eigenvalue weighted by atomic mass is 10.1. The van der Waals surface area contributed by atoms with E-state index in [4.69, 9.17) is 10.2 Å². The summed E-state index contributed by atoms with van der Waals surface area (Å²) in [5, 5.41) is 0. The molecule has 78 valence electrons. The molecule has 0 spiro atoms. The first-order valence-electron chi connectivity index (χ1n) is 4.27. The van der Waals surface area contributed by atoms with Crippen LogP contribution in [0.3, 0.4) is 0 Å². The summed E-state index contributed by atoms with van der Waals surface area (Å²) in [6, 6.07) is 0.116. The monoisotopic (exact) mass is 207 g/mol. The maximum atomic E-state index is 10.6. The largest absolute Gasteiger partial charge is 0.495 e. The number of carbonyl (C=O) groups is 1. The molecule has 0 saturated carbocycles. The third-order valence-electron chi connectivity index (χ3n) is 1.76. The molecule has 1 amide bonds. The van der Waals surface area contributed by atoms with Crippen LogP contribution in [0.2, 0.25) is 6.04 Å². The normalized spacial score (nSPS) is 14.2. The Hall–Kier alpha value is -0.433. The average Bonchev–Trinajstić information content (AvgIpc) is 2.00. The Bertz CT molecular complexity index is 174. The summed E-state index contributed by atoms with van der Waals surface area (Å²) in [6.45, 7) is 3.61. The third-order valence-corrected chi connectivity index (χ3v) is 3.46. The number of amides is 1. The molecule has 0 radical (unpaired) electrons. The van der Waals surface area contributed by atoms with E-state index in [9.17, 15) is 14.4 Å². The van der Waals surface area contributed by atoms with Gasteiger partial charge >= 0.3 is 8.80 Å². The Labute approximate surface area is 78.9 Å². The molecule has 0 aromatic carbocycles. The summed E-state index contributed by atoms with van der Waals surface area (Å²) in [7, 11) is -3.52. The van der Waals surface area contributed by atoms with E-state index in [-0.39, 0.29) is 18.6 Å². The van der Waals surface area contributed by atoms with Crippen molar-refractivity contribution in [3.8, 4) is 0 Å². The number of nitrogens with two attached hydrogens (primary N) is 1. The molecule has 0 aromatic heterocycles. The molecule has 1 atom stereocenters. The van der Waals surface area contributed by atoms with E-state index in [1.54, 1.807) is 13.8 Å². The SMILES string of the molecule is CCO[Si](O)(O)CCC(C)C(N)=O. The molecule has 13 heavy (non-hydrogen) atoms. The molecule has 0 aliphatic heterocycles. The molecular weight excluding hydrogens is 190 g/mol. The van der Waals surface area contributed by atoms with Crippen LogP contribution in [0.1, 0.15) is 20.3 Å². The fraction of sp³-hybridized carbons (Fsp3) is 0.857. The standard InChI is InChI=1S/C7H17NO4Si/c1-3-12-13(10,11)5-4-6(2)7(8)9/h6,10-11H,3-5H2,1-2H3,(H2,8,9). The van der Waals surface area contributed by atoms with Gasteiger partial charge in [-0.05, 0) is 13.3 Å². The van der Waals surface area contributed by atoms with Crippen LogP contribution in [0.25, 0.3) is 0 Å². The summed E-state index contributed by atoms with van der Waals surface area (Å²) in [5.41, 5.74) is 5.01. The Kier molecular flexibility index (Phi) is 5.15. The maximum Gasteiger partial charge on any atom is 0.495 e. The van der Waals surface area contributed by atoms with Gasteiger partial charge in [-0.25, -0.2) is 0 Å². The van der Waals surface area contributed by atoms with Crippen LogP contribution in [-0.2, 0) is 9.22 Å². The van der Waals surface area contributed by atoms with Gasteiger partial charge in [-0.1, -0.05) is 6.92 Å². The first-order valence-corrected chi connectivity index (χ1v) is 6.28. The third kappa shape index (κ3) is 5.75. The van der Waals surface area contributed by atoms with Gasteiger partial charge in [0.2, 0.25) is 5.91 Å². The van der Waals surface area contributed by atoms with Crippen molar-refractivity contribution in [1.29, 1.82) is 0 Å². The molecule has 0 aliphatic carbocycles. The Morgan fingerprint density at radius 3 is 2.54 bits per heavy atom. The highest BCUT2D eigenvalue weighted by Crippen LogP contribution is 2.13. The molecule has 0 heterocycles. The lowest BCUT2D eigenvalue weighted by Crippen LogP contribution is -2.39. The van der Waals surface area contributed by atoms with Crippen molar-refractivity contribution in [2.45, 2.75) is 26.3 Å². The fourth-order valence-electron chi connectivity index (χ4n) is 0.850. The first-order chi connectivity index (χ1) is 5.89. The Balaban J connectivity index is 3.80. The average molecular weight is 207 g/mol. The van der Waals surface area contributed by atoms with Gasteiger partial charge in [-0.2, -0.15) is 0 Å². The van der Waals surface area contributed by atoms with E-state index >= 15 is 0 Å². The van der Waals surface area contributed by atoms with Crippen molar-refractivity contribution in [2.75, 3.05) is 6.61 Å². The molecule has 0 saturated heterocycles. The summed E-state index contributed by atoms with van der Waals surface area (Å²) in [6.07, 6.45) is 0.356. The molecule has 6 heteroatoms. The molecule has 0 bridgehead atoms. The van der Waals surface area contributed by atoms with Crippen molar-refractivity contribution >= 4 is 14.7 Å². The minimum Gasteiger partial charge on any atom is -0.390 e. The van der Waals surface area contributed by atoms with E-state index in [1.165, 1.54) is 0 Å². The van der Waals surface area contributed by atoms with Crippen molar-refractivity contribution in [3.63, 3.8) is 0 Å². The van der Waals surface area contributed by atoms with Gasteiger partial charge < -0.3 is 19.8 Å². The zero-order valence-corrected chi connectivity index (χ0v) is 8.99. The minimum absolute atomic E-state index is 0.116. The lowest BCUT2D eigenvalue weighted by molar-refractivity contribution is -0.121. The highest BCUT2D eigenvalue weighted by molar-refractivity contribution is 6.57. The zero-order chi connectivity index (χ0) is 10.5. The highest BCUT2D eigenvalue weighted by atomic mass is 28.4. The number of rotatable bonds is 6. The maximum absolute atomic E-state index is 10.6. The van der Waals surface area contributed by atoms with Crippen LogP contribution in [0.15, 0.2) is 0 Å². The van der Waals surface area contributed by atoms with Crippen molar-refractivity contribution in [3.05, 3.63) is 0 Å². The number of primary amides is 1. The van der Waals surface area contributed by atoms with Crippen LogP contribution >= 0.6 is 0 Å². The topological polar surface area (TPSA) is 92.8 Å². The summed E-state index contributed by atoms with van der Waals surface area (Å²) >= 11 is 0. The number of carbonyl (C=O) groups excluding carboxylic acids is 1. The summed E-state index contributed by atoms with van der Waals surface area (Å²) in [5.74, 6) is -0.770. The van der Waals surface area contributed by atoms with E-state index in [0.717, 1.165) is 0 Å². The predicted molar refractivity (Wildman–Crippen MR) is 49.6 cm³/mol. The van der Waals surface area contributed by atoms with Crippen LogP contribution < -0.4 is 5.73 Å². The second-order valence-corrected chi connectivity index (χ2v) is 5.29. The smallest absolute Gasteiger partial charge is 0.390 e. The molecule has 5 nitrogen and oxygen atoms in total. The van der Waals surface area contributed by atoms with Crippen LogP contribution in [0.4, 0.5) is 0 Å². The van der Waals surface area contributed by atoms with Gasteiger partial charge in [0.25, 0.3) is 0 Å². The Morgan fingerprint density at radius 1 is 1.62 bits per heavy atom. The van der Waals surface area contributed by atoms with Crippen molar-refractivity contribution < 1.29 is 18.8 Å². The van der Waals surface area contributed by atoms with Gasteiger partial charge in [-0.15, -0.1) is 0 Å². The molecule has 0 rings (SSSR count). The molecular formula is C7H17NO4Si. The minimum atomic E-state index is -3.52. The molecule has 1 unspecified atom stereocenters. The highest BCUT2D eigenvalue weighted by Gasteiger charge is 2.32. The fourth-order valence-corrected chi connectivity index (χ4v) is 2.27. The number of hydrogen-bond acceptors (Lipinski definition) is 4. The van der Waals surface area contributed by atoms with E-state index in [0.29, 0.717) is 6.42 Å². The second-order valence-electron chi connectivity index (χ2n) is 3.02.